The lowest BCUT2D eigenvalue weighted by atomic mass is 10.2. The molecule has 0 unspecified atom stereocenters. The molecule has 0 saturated carbocycles. The Labute approximate surface area is 184 Å². The summed E-state index contributed by atoms with van der Waals surface area (Å²) in [5, 5.41) is 9.95. The molecule has 1 aromatic heterocycles. The van der Waals surface area contributed by atoms with E-state index >= 15 is 0 Å². The fourth-order valence-corrected chi connectivity index (χ4v) is 3.07. The minimum Gasteiger partial charge on any atom is -0.457 e. The SMILES string of the molecule is CNc1cccc(Nc2ccncc2Nc2ccc(Oc3ccc(Cl)c(F)c3)cc2)c1. The average Bonchev–Trinajstić information content (AvgIpc) is 2.79. The number of pyridine rings is 1. The maximum Gasteiger partial charge on any atom is 0.145 e. The van der Waals surface area contributed by atoms with Crippen LogP contribution in [0.4, 0.5) is 32.8 Å². The van der Waals surface area contributed by atoms with E-state index in [1.165, 1.54) is 12.1 Å². The molecule has 7 heteroatoms. The molecule has 0 aliphatic heterocycles. The Kier molecular flexibility index (Phi) is 6.19. The zero-order chi connectivity index (χ0) is 21.6. The van der Waals surface area contributed by atoms with E-state index in [4.69, 9.17) is 16.3 Å². The third kappa shape index (κ3) is 5.24. The van der Waals surface area contributed by atoms with Crippen molar-refractivity contribution in [1.82, 2.24) is 4.98 Å². The molecule has 4 rings (SSSR count). The van der Waals surface area contributed by atoms with Crippen LogP contribution in [-0.2, 0) is 0 Å². The summed E-state index contributed by atoms with van der Waals surface area (Å²) in [7, 11) is 1.88. The first-order valence-electron chi connectivity index (χ1n) is 9.59. The number of aromatic nitrogens is 1. The summed E-state index contributed by atoms with van der Waals surface area (Å²) >= 11 is 5.71. The van der Waals surface area contributed by atoms with Gasteiger partial charge in [0.25, 0.3) is 0 Å². The van der Waals surface area contributed by atoms with Crippen LogP contribution in [0.2, 0.25) is 5.02 Å². The highest BCUT2D eigenvalue weighted by Gasteiger charge is 2.06. The number of anilines is 5. The predicted octanol–water partition coefficient (Wildman–Crippen LogP) is 7.20. The van der Waals surface area contributed by atoms with Crippen LogP contribution in [0.15, 0.2) is 85.2 Å². The molecule has 0 amide bonds. The molecule has 31 heavy (non-hydrogen) atoms. The van der Waals surface area contributed by atoms with E-state index in [1.807, 2.05) is 49.5 Å². The Morgan fingerprint density at radius 1 is 0.806 bits per heavy atom. The number of nitrogens with zero attached hydrogens (tertiary/aromatic N) is 1. The molecule has 0 spiro atoms. The van der Waals surface area contributed by atoms with Crippen LogP contribution in [0.3, 0.4) is 0 Å². The molecule has 0 aliphatic rings. The Morgan fingerprint density at radius 2 is 1.55 bits per heavy atom. The molecular weight excluding hydrogens is 415 g/mol. The topological polar surface area (TPSA) is 58.2 Å². The highest BCUT2D eigenvalue weighted by molar-refractivity contribution is 6.30. The summed E-state index contributed by atoms with van der Waals surface area (Å²) in [6, 6.07) is 21.6. The molecule has 3 aromatic carbocycles. The second-order valence-corrected chi connectivity index (χ2v) is 7.11. The minimum absolute atomic E-state index is 0.0606. The summed E-state index contributed by atoms with van der Waals surface area (Å²) in [4.78, 5) is 4.22. The summed E-state index contributed by atoms with van der Waals surface area (Å²) in [6.07, 6.45) is 3.49. The number of hydrogen-bond acceptors (Lipinski definition) is 5. The predicted molar refractivity (Wildman–Crippen MR) is 125 cm³/mol. The zero-order valence-electron chi connectivity index (χ0n) is 16.7. The summed E-state index contributed by atoms with van der Waals surface area (Å²) in [6.45, 7) is 0. The van der Waals surface area contributed by atoms with Crippen molar-refractivity contribution >= 4 is 40.0 Å². The molecule has 4 aromatic rings. The number of halogens is 2. The first kappa shape index (κ1) is 20.5. The van der Waals surface area contributed by atoms with Crippen molar-refractivity contribution in [3.63, 3.8) is 0 Å². The standard InChI is InChI=1S/C24H20ClFN4O/c1-27-17-3-2-4-18(13-17)30-23-11-12-28-15-24(23)29-16-5-7-19(8-6-16)31-20-9-10-21(25)22(26)14-20/h2-15,27,29H,1H3,(H,28,30). The number of nitrogens with one attached hydrogen (secondary N) is 3. The van der Waals surface area contributed by atoms with Gasteiger partial charge in [-0.2, -0.15) is 0 Å². The highest BCUT2D eigenvalue weighted by atomic mass is 35.5. The molecule has 0 fully saturated rings. The Morgan fingerprint density at radius 3 is 2.32 bits per heavy atom. The lowest BCUT2D eigenvalue weighted by Gasteiger charge is -2.14. The first-order valence-corrected chi connectivity index (χ1v) is 9.97. The summed E-state index contributed by atoms with van der Waals surface area (Å²) in [5.74, 6) is 0.445. The van der Waals surface area contributed by atoms with E-state index in [9.17, 15) is 4.39 Å². The lowest BCUT2D eigenvalue weighted by Crippen LogP contribution is -1.99. The number of ether oxygens (including phenoxy) is 1. The lowest BCUT2D eigenvalue weighted by molar-refractivity contribution is 0.477. The van der Waals surface area contributed by atoms with Gasteiger partial charge in [-0.05, 0) is 60.7 Å². The number of rotatable bonds is 7. The second kappa shape index (κ2) is 9.36. The van der Waals surface area contributed by atoms with E-state index in [0.717, 1.165) is 28.4 Å². The van der Waals surface area contributed by atoms with Gasteiger partial charge in [0.1, 0.15) is 17.3 Å². The van der Waals surface area contributed by atoms with E-state index < -0.39 is 5.82 Å². The van der Waals surface area contributed by atoms with Crippen molar-refractivity contribution in [3.05, 3.63) is 96.0 Å². The van der Waals surface area contributed by atoms with Crippen molar-refractivity contribution in [2.24, 2.45) is 0 Å². The van der Waals surface area contributed by atoms with E-state index in [1.54, 1.807) is 30.6 Å². The molecule has 0 saturated heterocycles. The van der Waals surface area contributed by atoms with Crippen LogP contribution in [0, 0.1) is 5.82 Å². The third-order valence-electron chi connectivity index (χ3n) is 4.51. The number of hydrogen-bond donors (Lipinski definition) is 3. The Hall–Kier alpha value is -3.77. The van der Waals surface area contributed by atoms with E-state index in [0.29, 0.717) is 11.5 Å². The van der Waals surface area contributed by atoms with E-state index in [2.05, 4.69) is 20.9 Å². The average molecular weight is 435 g/mol. The molecule has 0 atom stereocenters. The smallest absolute Gasteiger partial charge is 0.145 e. The minimum atomic E-state index is -0.519. The highest BCUT2D eigenvalue weighted by Crippen LogP contribution is 2.30. The van der Waals surface area contributed by atoms with Crippen LogP contribution < -0.4 is 20.7 Å². The van der Waals surface area contributed by atoms with Gasteiger partial charge in [-0.1, -0.05) is 17.7 Å². The van der Waals surface area contributed by atoms with Crippen molar-refractivity contribution < 1.29 is 9.13 Å². The van der Waals surface area contributed by atoms with Crippen LogP contribution in [0.5, 0.6) is 11.5 Å². The van der Waals surface area contributed by atoms with Crippen molar-refractivity contribution in [2.45, 2.75) is 0 Å². The van der Waals surface area contributed by atoms with Gasteiger partial charge in [0.05, 0.1) is 22.6 Å². The molecular formula is C24H20ClFN4O. The molecule has 156 valence electrons. The van der Waals surface area contributed by atoms with Gasteiger partial charge in [-0.3, -0.25) is 4.98 Å². The number of benzene rings is 3. The molecule has 1 heterocycles. The van der Waals surface area contributed by atoms with Gasteiger partial charge >= 0.3 is 0 Å². The zero-order valence-corrected chi connectivity index (χ0v) is 17.5. The van der Waals surface area contributed by atoms with Crippen LogP contribution in [-0.4, -0.2) is 12.0 Å². The summed E-state index contributed by atoms with van der Waals surface area (Å²) < 4.78 is 19.3. The Balaban J connectivity index is 1.47. The first-order chi connectivity index (χ1) is 15.1. The maximum absolute atomic E-state index is 13.6. The van der Waals surface area contributed by atoms with E-state index in [-0.39, 0.29) is 5.02 Å². The molecule has 3 N–H and O–H groups in total. The largest absolute Gasteiger partial charge is 0.457 e. The van der Waals surface area contributed by atoms with Gasteiger partial charge in [-0.25, -0.2) is 4.39 Å². The van der Waals surface area contributed by atoms with Crippen LogP contribution >= 0.6 is 11.6 Å². The van der Waals surface area contributed by atoms with Crippen molar-refractivity contribution in [3.8, 4) is 11.5 Å². The fourth-order valence-electron chi connectivity index (χ4n) is 2.95. The van der Waals surface area contributed by atoms with Gasteiger partial charge in [0, 0.05) is 36.4 Å². The summed E-state index contributed by atoms with van der Waals surface area (Å²) in [5.41, 5.74) is 4.55. The molecule has 0 aliphatic carbocycles. The quantitative estimate of drug-likeness (QED) is 0.287. The normalized spacial score (nSPS) is 10.4. The maximum atomic E-state index is 13.6. The van der Waals surface area contributed by atoms with Gasteiger partial charge in [0.2, 0.25) is 0 Å². The fraction of sp³-hybridized carbons (Fsp3) is 0.0417. The van der Waals surface area contributed by atoms with Crippen LogP contribution in [0.1, 0.15) is 0 Å². The van der Waals surface area contributed by atoms with Crippen molar-refractivity contribution in [2.75, 3.05) is 23.0 Å². The van der Waals surface area contributed by atoms with Gasteiger partial charge in [0.15, 0.2) is 0 Å². The second-order valence-electron chi connectivity index (χ2n) is 6.70. The van der Waals surface area contributed by atoms with Crippen molar-refractivity contribution in [1.29, 1.82) is 0 Å². The third-order valence-corrected chi connectivity index (χ3v) is 4.82. The molecule has 0 radical (unpaired) electrons. The van der Waals surface area contributed by atoms with Gasteiger partial charge < -0.3 is 20.7 Å². The Bertz CT molecular complexity index is 1180. The van der Waals surface area contributed by atoms with Gasteiger partial charge in [-0.15, -0.1) is 0 Å². The monoisotopic (exact) mass is 434 g/mol. The molecule has 0 bridgehead atoms. The molecule has 5 nitrogen and oxygen atoms in total. The van der Waals surface area contributed by atoms with Crippen LogP contribution in [0.25, 0.3) is 0 Å².